The molecule has 0 bridgehead atoms. The maximum absolute atomic E-state index is 12.7. The van der Waals surface area contributed by atoms with E-state index in [1.165, 1.54) is 10.6 Å². The molecule has 0 N–H and O–H groups in total. The van der Waals surface area contributed by atoms with Crippen molar-refractivity contribution in [2.24, 2.45) is 0 Å². The number of amides is 1. The zero-order chi connectivity index (χ0) is 19.5. The fraction of sp³-hybridized carbons (Fsp3) is 0.632. The average molecular weight is 383 g/mol. The van der Waals surface area contributed by atoms with Crippen molar-refractivity contribution in [3.8, 4) is 5.75 Å². The molecule has 1 atom stereocenters. The molecule has 6 nitrogen and oxygen atoms in total. The Morgan fingerprint density at radius 1 is 1.15 bits per heavy atom. The van der Waals surface area contributed by atoms with Crippen molar-refractivity contribution < 1.29 is 17.9 Å². The number of benzene rings is 1. The summed E-state index contributed by atoms with van der Waals surface area (Å²) in [6, 6.07) is 7.81. The third-order valence-electron chi connectivity index (χ3n) is 4.60. The molecule has 1 aliphatic rings. The molecule has 26 heavy (non-hydrogen) atoms. The molecular weight excluding hydrogens is 352 g/mol. The predicted octanol–water partition coefficient (Wildman–Crippen LogP) is 2.25. The van der Waals surface area contributed by atoms with Gasteiger partial charge in [-0.1, -0.05) is 32.9 Å². The maximum atomic E-state index is 12.7. The molecule has 1 aliphatic heterocycles. The molecule has 146 valence electrons. The molecule has 1 aromatic carbocycles. The van der Waals surface area contributed by atoms with E-state index in [9.17, 15) is 13.2 Å². The fourth-order valence-electron chi connectivity index (χ4n) is 2.99. The summed E-state index contributed by atoms with van der Waals surface area (Å²) in [5, 5.41) is 0. The molecular formula is C19H30N2O4S. The van der Waals surface area contributed by atoms with Gasteiger partial charge in [0.15, 0.2) is 6.10 Å². The van der Waals surface area contributed by atoms with Gasteiger partial charge >= 0.3 is 0 Å². The van der Waals surface area contributed by atoms with Crippen LogP contribution < -0.4 is 4.74 Å². The van der Waals surface area contributed by atoms with E-state index in [1.807, 2.05) is 24.3 Å². The van der Waals surface area contributed by atoms with Crippen LogP contribution in [0.25, 0.3) is 0 Å². The van der Waals surface area contributed by atoms with Gasteiger partial charge in [0.1, 0.15) is 5.75 Å². The standard InChI is InChI=1S/C19H30N2O4S/c1-15(25-17-9-6-8-16(14-17)19(2,3)4)18(22)20-10-7-11-21(13-12-20)26(5,23)24/h6,8-9,14-15H,7,10-13H2,1-5H3. The van der Waals surface area contributed by atoms with Gasteiger partial charge in [-0.3, -0.25) is 4.79 Å². The van der Waals surface area contributed by atoms with Gasteiger partial charge in [0.25, 0.3) is 5.91 Å². The van der Waals surface area contributed by atoms with Crippen LogP contribution in [-0.4, -0.2) is 62.1 Å². The van der Waals surface area contributed by atoms with Gasteiger partial charge in [0, 0.05) is 26.2 Å². The first-order valence-electron chi connectivity index (χ1n) is 8.99. The van der Waals surface area contributed by atoms with E-state index >= 15 is 0 Å². The molecule has 0 aliphatic carbocycles. The fourth-order valence-corrected chi connectivity index (χ4v) is 3.87. The summed E-state index contributed by atoms with van der Waals surface area (Å²) in [5.41, 5.74) is 1.15. The van der Waals surface area contributed by atoms with E-state index in [4.69, 9.17) is 4.74 Å². The Hall–Kier alpha value is -1.60. The second kappa shape index (κ2) is 7.96. The number of ether oxygens (including phenoxy) is 1. The van der Waals surface area contributed by atoms with Gasteiger partial charge in [0.05, 0.1) is 6.26 Å². The highest BCUT2D eigenvalue weighted by Crippen LogP contribution is 2.26. The Kier molecular flexibility index (Phi) is 6.34. The molecule has 0 aromatic heterocycles. The number of nitrogens with zero attached hydrogens (tertiary/aromatic N) is 2. The normalized spacial score (nSPS) is 18.3. The summed E-state index contributed by atoms with van der Waals surface area (Å²) in [6.07, 6.45) is 1.22. The monoisotopic (exact) mass is 382 g/mol. The van der Waals surface area contributed by atoms with Crippen LogP contribution in [0.1, 0.15) is 39.7 Å². The number of carbonyl (C=O) groups excluding carboxylic acids is 1. The maximum Gasteiger partial charge on any atom is 0.263 e. The Labute approximate surface area is 157 Å². The van der Waals surface area contributed by atoms with Crippen LogP contribution in [0.4, 0.5) is 0 Å². The van der Waals surface area contributed by atoms with Gasteiger partial charge < -0.3 is 9.64 Å². The molecule has 1 fully saturated rings. The van der Waals surface area contributed by atoms with E-state index in [-0.39, 0.29) is 11.3 Å². The third kappa shape index (κ3) is 5.45. The van der Waals surface area contributed by atoms with E-state index in [0.29, 0.717) is 38.3 Å². The predicted molar refractivity (Wildman–Crippen MR) is 103 cm³/mol. The number of hydrogen-bond acceptors (Lipinski definition) is 4. The van der Waals surface area contributed by atoms with Crippen LogP contribution in [-0.2, 0) is 20.2 Å². The van der Waals surface area contributed by atoms with Gasteiger partial charge in [-0.2, -0.15) is 0 Å². The van der Waals surface area contributed by atoms with E-state index in [2.05, 4.69) is 20.8 Å². The number of sulfonamides is 1. The molecule has 0 spiro atoms. The average Bonchev–Trinajstić information content (AvgIpc) is 2.79. The SMILES string of the molecule is CC(Oc1cccc(C(C)(C)C)c1)C(=O)N1CCCN(S(C)(=O)=O)CC1. The molecule has 0 saturated carbocycles. The van der Waals surface area contributed by atoms with Crippen molar-refractivity contribution in [2.45, 2.75) is 45.6 Å². The summed E-state index contributed by atoms with van der Waals surface area (Å²) >= 11 is 0. The Morgan fingerprint density at radius 2 is 1.85 bits per heavy atom. The molecule has 7 heteroatoms. The molecule has 1 heterocycles. The zero-order valence-corrected chi connectivity index (χ0v) is 17.2. The van der Waals surface area contributed by atoms with Crippen LogP contribution in [0.15, 0.2) is 24.3 Å². The van der Waals surface area contributed by atoms with Crippen LogP contribution in [0, 0.1) is 0 Å². The summed E-state index contributed by atoms with van der Waals surface area (Å²) < 4.78 is 30.7. The molecule has 1 saturated heterocycles. The first-order valence-corrected chi connectivity index (χ1v) is 10.8. The highest BCUT2D eigenvalue weighted by Gasteiger charge is 2.27. The minimum absolute atomic E-state index is 0.00646. The number of rotatable bonds is 4. The van der Waals surface area contributed by atoms with Crippen LogP contribution in [0.5, 0.6) is 5.75 Å². The molecule has 1 aromatic rings. The summed E-state index contributed by atoms with van der Waals surface area (Å²) in [5.74, 6) is 0.562. The largest absolute Gasteiger partial charge is 0.481 e. The van der Waals surface area contributed by atoms with Crippen molar-refractivity contribution in [1.82, 2.24) is 9.21 Å². The van der Waals surface area contributed by atoms with E-state index in [1.54, 1.807) is 11.8 Å². The lowest BCUT2D eigenvalue weighted by Gasteiger charge is -2.25. The third-order valence-corrected chi connectivity index (χ3v) is 5.90. The smallest absolute Gasteiger partial charge is 0.263 e. The zero-order valence-electron chi connectivity index (χ0n) is 16.4. The first kappa shape index (κ1) is 20.7. The summed E-state index contributed by atoms with van der Waals surface area (Å²) in [7, 11) is -3.22. The Bertz CT molecular complexity index is 740. The van der Waals surface area contributed by atoms with Gasteiger partial charge in [-0.05, 0) is 36.5 Å². The van der Waals surface area contributed by atoms with Gasteiger partial charge in [-0.25, -0.2) is 12.7 Å². The van der Waals surface area contributed by atoms with Gasteiger partial charge in [-0.15, -0.1) is 0 Å². The lowest BCUT2D eigenvalue weighted by molar-refractivity contribution is -0.137. The number of carbonyl (C=O) groups is 1. The highest BCUT2D eigenvalue weighted by atomic mass is 32.2. The van der Waals surface area contributed by atoms with Crippen LogP contribution >= 0.6 is 0 Å². The first-order chi connectivity index (χ1) is 12.0. The summed E-state index contributed by atoms with van der Waals surface area (Å²) in [6.45, 7) is 9.85. The van der Waals surface area contributed by atoms with Crippen LogP contribution in [0.3, 0.4) is 0 Å². The molecule has 1 amide bonds. The van der Waals surface area contributed by atoms with E-state index < -0.39 is 16.1 Å². The van der Waals surface area contributed by atoms with Crippen molar-refractivity contribution in [2.75, 3.05) is 32.4 Å². The van der Waals surface area contributed by atoms with Crippen LogP contribution in [0.2, 0.25) is 0 Å². The Balaban J connectivity index is 2.01. The molecule has 0 radical (unpaired) electrons. The minimum Gasteiger partial charge on any atom is -0.481 e. The minimum atomic E-state index is -3.22. The topological polar surface area (TPSA) is 66.9 Å². The lowest BCUT2D eigenvalue weighted by Crippen LogP contribution is -2.42. The molecule has 2 rings (SSSR count). The number of hydrogen-bond donors (Lipinski definition) is 0. The second-order valence-electron chi connectivity index (χ2n) is 7.88. The van der Waals surface area contributed by atoms with E-state index in [0.717, 1.165) is 5.56 Å². The second-order valence-corrected chi connectivity index (χ2v) is 9.86. The van der Waals surface area contributed by atoms with Crippen molar-refractivity contribution in [1.29, 1.82) is 0 Å². The van der Waals surface area contributed by atoms with Crippen molar-refractivity contribution in [3.63, 3.8) is 0 Å². The quantitative estimate of drug-likeness (QED) is 0.801. The Morgan fingerprint density at radius 3 is 2.46 bits per heavy atom. The lowest BCUT2D eigenvalue weighted by atomic mass is 9.87. The highest BCUT2D eigenvalue weighted by molar-refractivity contribution is 7.88. The van der Waals surface area contributed by atoms with Gasteiger partial charge in [0.2, 0.25) is 10.0 Å². The molecule has 1 unspecified atom stereocenters. The van der Waals surface area contributed by atoms with Crippen molar-refractivity contribution >= 4 is 15.9 Å². The summed E-state index contributed by atoms with van der Waals surface area (Å²) in [4.78, 5) is 14.4. The van der Waals surface area contributed by atoms with Crippen molar-refractivity contribution in [3.05, 3.63) is 29.8 Å².